The van der Waals surface area contributed by atoms with Crippen molar-refractivity contribution in [3.05, 3.63) is 29.8 Å². The summed E-state index contributed by atoms with van der Waals surface area (Å²) in [6.45, 7) is 0.385. The average molecular weight is 216 g/mol. The van der Waals surface area contributed by atoms with E-state index in [2.05, 4.69) is 0 Å². The Balaban J connectivity index is 0.00000169. The molecule has 0 aliphatic rings. The number of hydrogen-bond donors (Lipinski definition) is 1. The summed E-state index contributed by atoms with van der Waals surface area (Å²) in [5, 5.41) is 0. The van der Waals surface area contributed by atoms with Gasteiger partial charge in [-0.1, -0.05) is 12.1 Å². The highest BCUT2D eigenvalue weighted by Gasteiger charge is 2.04. The highest BCUT2D eigenvalue weighted by Crippen LogP contribution is 2.13. The van der Waals surface area contributed by atoms with Crippen LogP contribution in [0.15, 0.2) is 24.3 Å². The predicted octanol–water partition coefficient (Wildman–Crippen LogP) is 1.65. The second-order valence-corrected chi connectivity index (χ2v) is 2.69. The van der Waals surface area contributed by atoms with Crippen LogP contribution < -0.4 is 10.5 Å². The summed E-state index contributed by atoms with van der Waals surface area (Å²) in [5.41, 5.74) is 5.94. The van der Waals surface area contributed by atoms with Gasteiger partial charge in [0.1, 0.15) is 5.75 Å². The third-order valence-corrected chi connectivity index (χ3v) is 1.76. The van der Waals surface area contributed by atoms with Gasteiger partial charge in [-0.25, -0.2) is 0 Å². The van der Waals surface area contributed by atoms with Crippen molar-refractivity contribution in [2.75, 3.05) is 13.7 Å². The molecule has 0 saturated heterocycles. The molecule has 2 N–H and O–H groups in total. The van der Waals surface area contributed by atoms with Gasteiger partial charge in [-0.15, -0.1) is 12.4 Å². The van der Waals surface area contributed by atoms with E-state index in [4.69, 9.17) is 10.5 Å². The molecule has 1 aromatic carbocycles. The zero-order valence-corrected chi connectivity index (χ0v) is 8.84. The topological polar surface area (TPSA) is 52.3 Å². The predicted molar refractivity (Wildman–Crippen MR) is 58.2 cm³/mol. The van der Waals surface area contributed by atoms with Crippen molar-refractivity contribution in [3.8, 4) is 5.75 Å². The van der Waals surface area contributed by atoms with E-state index in [1.54, 1.807) is 31.4 Å². The molecule has 0 atom stereocenters. The van der Waals surface area contributed by atoms with Crippen LogP contribution in [0.4, 0.5) is 0 Å². The van der Waals surface area contributed by atoms with Gasteiger partial charge >= 0.3 is 0 Å². The zero-order valence-electron chi connectivity index (χ0n) is 8.03. The Bertz CT molecular complexity index is 302. The van der Waals surface area contributed by atoms with E-state index < -0.39 is 0 Å². The summed E-state index contributed by atoms with van der Waals surface area (Å²) in [7, 11) is 1.58. The number of nitrogens with two attached hydrogens (primary N) is 1. The first kappa shape index (κ1) is 12.9. The first-order valence-electron chi connectivity index (χ1n) is 4.15. The van der Waals surface area contributed by atoms with Gasteiger partial charge in [0.25, 0.3) is 0 Å². The lowest BCUT2D eigenvalue weighted by Gasteiger charge is -2.02. The maximum atomic E-state index is 11.4. The van der Waals surface area contributed by atoms with Crippen molar-refractivity contribution in [3.63, 3.8) is 0 Å². The Labute approximate surface area is 89.7 Å². The Morgan fingerprint density at radius 3 is 2.79 bits per heavy atom. The fraction of sp³-hybridized carbons (Fsp3) is 0.300. The van der Waals surface area contributed by atoms with Crippen molar-refractivity contribution in [2.45, 2.75) is 6.42 Å². The van der Waals surface area contributed by atoms with Crippen LogP contribution in [0, 0.1) is 0 Å². The van der Waals surface area contributed by atoms with Crippen molar-refractivity contribution >= 4 is 18.2 Å². The number of Topliss-reactive ketones (excluding diaryl/α,β-unsaturated/α-hetero) is 1. The standard InChI is InChI=1S/C10H13NO2.ClH/c1-13-9-4-2-3-8(7-9)10(12)5-6-11;/h2-4,7H,5-6,11H2,1H3;1H. The summed E-state index contributed by atoms with van der Waals surface area (Å²) in [4.78, 5) is 11.4. The lowest BCUT2D eigenvalue weighted by molar-refractivity contribution is 0.0985. The van der Waals surface area contributed by atoms with Gasteiger partial charge in [-0.3, -0.25) is 4.79 Å². The van der Waals surface area contributed by atoms with Gasteiger partial charge in [0.05, 0.1) is 7.11 Å². The van der Waals surface area contributed by atoms with Crippen LogP contribution >= 0.6 is 12.4 Å². The first-order valence-corrected chi connectivity index (χ1v) is 4.15. The van der Waals surface area contributed by atoms with E-state index in [1.807, 2.05) is 0 Å². The average Bonchev–Trinajstić information content (AvgIpc) is 2.18. The molecule has 0 heterocycles. The van der Waals surface area contributed by atoms with Crippen molar-refractivity contribution in [2.24, 2.45) is 5.73 Å². The monoisotopic (exact) mass is 215 g/mol. The molecule has 1 rings (SSSR count). The maximum Gasteiger partial charge on any atom is 0.164 e. The Morgan fingerprint density at radius 1 is 1.50 bits per heavy atom. The highest BCUT2D eigenvalue weighted by atomic mass is 35.5. The van der Waals surface area contributed by atoms with Crippen molar-refractivity contribution in [1.82, 2.24) is 0 Å². The maximum absolute atomic E-state index is 11.4. The summed E-state index contributed by atoms with van der Waals surface area (Å²) < 4.78 is 5.00. The van der Waals surface area contributed by atoms with Gasteiger partial charge in [0.2, 0.25) is 0 Å². The molecule has 0 amide bonds. The SMILES string of the molecule is COc1cccc(C(=O)CCN)c1.Cl. The molecule has 3 nitrogen and oxygen atoms in total. The number of halogens is 1. The Hall–Kier alpha value is -1.06. The van der Waals surface area contributed by atoms with Gasteiger partial charge in [0, 0.05) is 12.0 Å². The van der Waals surface area contributed by atoms with E-state index >= 15 is 0 Å². The number of rotatable bonds is 4. The molecular formula is C10H14ClNO2. The third kappa shape index (κ3) is 3.36. The zero-order chi connectivity index (χ0) is 9.68. The molecule has 78 valence electrons. The number of ketones is 1. The Morgan fingerprint density at radius 2 is 2.21 bits per heavy atom. The fourth-order valence-corrected chi connectivity index (χ4v) is 1.07. The van der Waals surface area contributed by atoms with Crippen molar-refractivity contribution in [1.29, 1.82) is 0 Å². The molecule has 1 aromatic rings. The third-order valence-electron chi connectivity index (χ3n) is 1.76. The molecule has 0 radical (unpaired) electrons. The lowest BCUT2D eigenvalue weighted by atomic mass is 10.1. The van der Waals surface area contributed by atoms with Crippen LogP contribution in [0.1, 0.15) is 16.8 Å². The highest BCUT2D eigenvalue weighted by molar-refractivity contribution is 5.96. The van der Waals surface area contributed by atoms with E-state index in [9.17, 15) is 4.79 Å². The smallest absolute Gasteiger partial charge is 0.164 e. The van der Waals surface area contributed by atoms with Gasteiger partial charge in [-0.2, -0.15) is 0 Å². The summed E-state index contributed by atoms with van der Waals surface area (Å²) in [6.07, 6.45) is 0.382. The summed E-state index contributed by atoms with van der Waals surface area (Å²) in [6, 6.07) is 7.08. The molecule has 0 spiro atoms. The molecule has 14 heavy (non-hydrogen) atoms. The largest absolute Gasteiger partial charge is 0.497 e. The van der Waals surface area contributed by atoms with E-state index in [0.717, 1.165) is 0 Å². The van der Waals surface area contributed by atoms with E-state index in [0.29, 0.717) is 24.3 Å². The molecule has 0 aliphatic heterocycles. The summed E-state index contributed by atoms with van der Waals surface area (Å²) in [5.74, 6) is 0.754. The molecule has 0 bridgehead atoms. The van der Waals surface area contributed by atoms with Gasteiger partial charge < -0.3 is 10.5 Å². The number of carbonyl (C=O) groups is 1. The fourth-order valence-electron chi connectivity index (χ4n) is 1.07. The van der Waals surface area contributed by atoms with Crippen LogP contribution in [-0.2, 0) is 0 Å². The van der Waals surface area contributed by atoms with Crippen molar-refractivity contribution < 1.29 is 9.53 Å². The number of ether oxygens (including phenoxy) is 1. The summed E-state index contributed by atoms with van der Waals surface area (Å²) >= 11 is 0. The molecule has 0 aliphatic carbocycles. The first-order chi connectivity index (χ1) is 6.27. The lowest BCUT2D eigenvalue weighted by Crippen LogP contribution is -2.07. The van der Waals surface area contributed by atoms with Crippen LogP contribution in [-0.4, -0.2) is 19.4 Å². The minimum atomic E-state index is 0. The molecule has 0 fully saturated rings. The van der Waals surface area contributed by atoms with E-state index in [1.165, 1.54) is 0 Å². The van der Waals surface area contributed by atoms with Gasteiger partial charge in [-0.05, 0) is 18.7 Å². The number of benzene rings is 1. The van der Waals surface area contributed by atoms with Crippen LogP contribution in [0.5, 0.6) is 5.75 Å². The number of hydrogen-bond acceptors (Lipinski definition) is 3. The van der Waals surface area contributed by atoms with Crippen LogP contribution in [0.3, 0.4) is 0 Å². The number of carbonyl (C=O) groups excluding carboxylic acids is 1. The van der Waals surface area contributed by atoms with Gasteiger partial charge in [0.15, 0.2) is 5.78 Å². The van der Waals surface area contributed by atoms with E-state index in [-0.39, 0.29) is 18.2 Å². The molecule has 0 unspecified atom stereocenters. The Kier molecular flexibility index (Phi) is 5.92. The molecule has 0 aromatic heterocycles. The second kappa shape index (κ2) is 6.40. The normalized spacial score (nSPS) is 9.00. The number of methoxy groups -OCH3 is 1. The second-order valence-electron chi connectivity index (χ2n) is 2.69. The van der Waals surface area contributed by atoms with Crippen LogP contribution in [0.2, 0.25) is 0 Å². The minimum Gasteiger partial charge on any atom is -0.497 e. The van der Waals surface area contributed by atoms with Crippen LogP contribution in [0.25, 0.3) is 0 Å². The molecule has 0 saturated carbocycles. The quantitative estimate of drug-likeness (QED) is 0.778. The molecule has 4 heteroatoms. The molecular weight excluding hydrogens is 202 g/mol. The minimum absolute atomic E-state index is 0.